The third-order valence-electron chi connectivity index (χ3n) is 5.99. The van der Waals surface area contributed by atoms with Crippen LogP contribution in [0.25, 0.3) is 11.2 Å². The molecule has 4 N–H and O–H groups in total. The number of ether oxygens (including phenoxy) is 2. The van der Waals surface area contributed by atoms with Crippen LogP contribution in [0.15, 0.2) is 36.7 Å². The number of benzene rings is 1. The van der Waals surface area contributed by atoms with Crippen molar-refractivity contribution in [2.24, 2.45) is 0 Å². The van der Waals surface area contributed by atoms with Crippen LogP contribution in [0.4, 0.5) is 5.82 Å². The summed E-state index contributed by atoms with van der Waals surface area (Å²) in [5, 5.41) is 33.3. The number of aromatic nitrogens is 4. The van der Waals surface area contributed by atoms with Crippen molar-refractivity contribution in [2.45, 2.75) is 55.9 Å². The SMILES string of the molecule is OC[C@H]1O[C@@H](n2cnc3c(NC4CCCC4Oc4ccccc4)nc(Cl)nc32)C(O)C1O. The Morgan fingerprint density at radius 1 is 1.16 bits per heavy atom. The molecule has 32 heavy (non-hydrogen) atoms. The van der Waals surface area contributed by atoms with E-state index < -0.39 is 31.1 Å². The lowest BCUT2D eigenvalue weighted by Crippen LogP contribution is -2.33. The van der Waals surface area contributed by atoms with Gasteiger partial charge in [0.2, 0.25) is 5.28 Å². The van der Waals surface area contributed by atoms with E-state index in [0.29, 0.717) is 17.0 Å². The predicted molar refractivity (Wildman–Crippen MR) is 115 cm³/mol. The van der Waals surface area contributed by atoms with Gasteiger partial charge in [-0.2, -0.15) is 9.97 Å². The van der Waals surface area contributed by atoms with E-state index in [1.165, 1.54) is 10.9 Å². The standard InChI is InChI=1S/C21H24ClN5O5/c22-21-25-18(24-12-7-4-8-13(12)31-11-5-2-1-3-6-11)15-19(26-21)27(10-23-15)20-17(30)16(29)14(9-28)32-20/h1-3,5-6,10,12-14,16-17,20,28-30H,4,7-9H2,(H,24,25,26)/t12?,13?,14-,16?,17?,20-/m1/s1. The molecule has 1 saturated heterocycles. The second-order valence-electron chi connectivity index (χ2n) is 8.05. The summed E-state index contributed by atoms with van der Waals surface area (Å²) < 4.78 is 13.3. The highest BCUT2D eigenvalue weighted by molar-refractivity contribution is 6.28. The summed E-state index contributed by atoms with van der Waals surface area (Å²) in [5.74, 6) is 1.27. The molecule has 2 fully saturated rings. The van der Waals surface area contributed by atoms with Crippen molar-refractivity contribution in [3.05, 3.63) is 41.9 Å². The van der Waals surface area contributed by atoms with Gasteiger partial charge in [-0.15, -0.1) is 0 Å². The zero-order valence-corrected chi connectivity index (χ0v) is 17.8. The van der Waals surface area contributed by atoms with Gasteiger partial charge in [0.1, 0.15) is 30.2 Å². The van der Waals surface area contributed by atoms with E-state index in [-0.39, 0.29) is 17.4 Å². The number of hydrogen-bond acceptors (Lipinski definition) is 9. The molecule has 2 aromatic heterocycles. The fraction of sp³-hybridized carbons (Fsp3) is 0.476. The Morgan fingerprint density at radius 3 is 2.72 bits per heavy atom. The van der Waals surface area contributed by atoms with E-state index in [9.17, 15) is 15.3 Å². The average molecular weight is 462 g/mol. The highest BCUT2D eigenvalue weighted by atomic mass is 35.5. The number of para-hydroxylation sites is 1. The minimum atomic E-state index is -1.26. The fourth-order valence-electron chi connectivity index (χ4n) is 4.37. The molecule has 6 atom stereocenters. The van der Waals surface area contributed by atoms with Crippen LogP contribution in [0.2, 0.25) is 5.28 Å². The highest BCUT2D eigenvalue weighted by Crippen LogP contribution is 2.34. The molecule has 10 nitrogen and oxygen atoms in total. The Labute approximate surface area is 188 Å². The molecule has 5 rings (SSSR count). The number of hydrogen-bond donors (Lipinski definition) is 4. The summed E-state index contributed by atoms with van der Waals surface area (Å²) in [6.45, 7) is -0.422. The van der Waals surface area contributed by atoms with Crippen LogP contribution in [0.5, 0.6) is 5.75 Å². The number of fused-ring (bicyclic) bond motifs is 1. The van der Waals surface area contributed by atoms with Crippen LogP contribution in [-0.2, 0) is 4.74 Å². The molecule has 0 spiro atoms. The molecule has 1 aliphatic heterocycles. The molecule has 0 bridgehead atoms. The molecular formula is C21H24ClN5O5. The molecule has 3 aromatic rings. The molecule has 1 saturated carbocycles. The molecule has 11 heteroatoms. The lowest BCUT2D eigenvalue weighted by atomic mass is 10.1. The predicted octanol–water partition coefficient (Wildman–Crippen LogP) is 1.50. The number of rotatable bonds is 6. The maximum absolute atomic E-state index is 10.4. The molecule has 0 radical (unpaired) electrons. The second-order valence-corrected chi connectivity index (χ2v) is 8.38. The minimum Gasteiger partial charge on any atom is -0.488 e. The second kappa shape index (κ2) is 8.80. The lowest BCUT2D eigenvalue weighted by Gasteiger charge is -2.23. The third kappa shape index (κ3) is 3.89. The van der Waals surface area contributed by atoms with Crippen LogP contribution in [0.1, 0.15) is 25.5 Å². The quantitative estimate of drug-likeness (QED) is 0.403. The van der Waals surface area contributed by atoms with Gasteiger partial charge < -0.3 is 30.1 Å². The number of nitrogens with zero attached hydrogens (tertiary/aromatic N) is 4. The lowest BCUT2D eigenvalue weighted by molar-refractivity contribution is -0.0511. The fourth-order valence-corrected chi connectivity index (χ4v) is 4.53. The third-order valence-corrected chi connectivity index (χ3v) is 6.16. The highest BCUT2D eigenvalue weighted by Gasteiger charge is 2.44. The molecule has 3 heterocycles. The van der Waals surface area contributed by atoms with Gasteiger partial charge in [-0.05, 0) is 43.0 Å². The van der Waals surface area contributed by atoms with Crippen molar-refractivity contribution in [2.75, 3.05) is 11.9 Å². The number of aliphatic hydroxyl groups excluding tert-OH is 3. The number of imidazole rings is 1. The molecule has 170 valence electrons. The zero-order valence-electron chi connectivity index (χ0n) is 17.1. The summed E-state index contributed by atoms with van der Waals surface area (Å²) in [6, 6.07) is 9.68. The summed E-state index contributed by atoms with van der Waals surface area (Å²) in [6.07, 6.45) is -0.129. The van der Waals surface area contributed by atoms with Gasteiger partial charge in [-0.25, -0.2) is 4.98 Å². The maximum atomic E-state index is 10.4. The van der Waals surface area contributed by atoms with Gasteiger partial charge in [-0.1, -0.05) is 18.2 Å². The summed E-state index contributed by atoms with van der Waals surface area (Å²) in [4.78, 5) is 13.0. The Morgan fingerprint density at radius 2 is 1.97 bits per heavy atom. The summed E-state index contributed by atoms with van der Waals surface area (Å²) in [5.41, 5.74) is 0.804. The molecule has 1 aliphatic carbocycles. The Balaban J connectivity index is 1.42. The first kappa shape index (κ1) is 21.4. The van der Waals surface area contributed by atoms with Crippen molar-refractivity contribution < 1.29 is 24.8 Å². The van der Waals surface area contributed by atoms with E-state index in [0.717, 1.165) is 25.0 Å². The Bertz CT molecular complexity index is 1080. The van der Waals surface area contributed by atoms with Crippen molar-refractivity contribution in [3.8, 4) is 5.75 Å². The number of anilines is 1. The van der Waals surface area contributed by atoms with Gasteiger partial charge >= 0.3 is 0 Å². The van der Waals surface area contributed by atoms with Crippen molar-refractivity contribution in [1.82, 2.24) is 19.5 Å². The molecule has 2 aliphatic rings. The van der Waals surface area contributed by atoms with E-state index in [1.54, 1.807) is 0 Å². The van der Waals surface area contributed by atoms with E-state index in [2.05, 4.69) is 20.3 Å². The molecule has 4 unspecified atom stereocenters. The Hall–Kier alpha value is -2.50. The van der Waals surface area contributed by atoms with Crippen LogP contribution in [0.3, 0.4) is 0 Å². The van der Waals surface area contributed by atoms with E-state index >= 15 is 0 Å². The zero-order chi connectivity index (χ0) is 22.2. The average Bonchev–Trinajstić information content (AvgIpc) is 3.48. The van der Waals surface area contributed by atoms with Crippen LogP contribution in [0, 0.1) is 0 Å². The van der Waals surface area contributed by atoms with Gasteiger partial charge in [0.15, 0.2) is 23.2 Å². The van der Waals surface area contributed by atoms with E-state index in [4.69, 9.17) is 21.1 Å². The first-order valence-corrected chi connectivity index (χ1v) is 10.9. The summed E-state index contributed by atoms with van der Waals surface area (Å²) in [7, 11) is 0. The first-order chi connectivity index (χ1) is 15.5. The molecule has 1 aromatic carbocycles. The van der Waals surface area contributed by atoms with Crippen LogP contribution < -0.4 is 10.1 Å². The largest absolute Gasteiger partial charge is 0.488 e. The smallest absolute Gasteiger partial charge is 0.226 e. The molecular weight excluding hydrogens is 438 g/mol. The van der Waals surface area contributed by atoms with Gasteiger partial charge in [0, 0.05) is 0 Å². The molecule has 0 amide bonds. The van der Waals surface area contributed by atoms with Gasteiger partial charge in [0.05, 0.1) is 19.0 Å². The number of aliphatic hydroxyl groups is 3. The normalized spacial score (nSPS) is 30.1. The summed E-state index contributed by atoms with van der Waals surface area (Å²) >= 11 is 6.20. The topological polar surface area (TPSA) is 135 Å². The van der Waals surface area contributed by atoms with Crippen LogP contribution in [-0.4, -0.2) is 71.9 Å². The van der Waals surface area contributed by atoms with Crippen molar-refractivity contribution in [3.63, 3.8) is 0 Å². The minimum absolute atomic E-state index is 0.00318. The van der Waals surface area contributed by atoms with Crippen LogP contribution >= 0.6 is 11.6 Å². The number of halogens is 1. The monoisotopic (exact) mass is 461 g/mol. The number of nitrogens with one attached hydrogen (secondary N) is 1. The maximum Gasteiger partial charge on any atom is 0.226 e. The Kier molecular flexibility index (Phi) is 5.87. The van der Waals surface area contributed by atoms with E-state index in [1.807, 2.05) is 30.3 Å². The van der Waals surface area contributed by atoms with Gasteiger partial charge in [0.25, 0.3) is 0 Å². The first-order valence-electron chi connectivity index (χ1n) is 10.6. The van der Waals surface area contributed by atoms with Crippen molar-refractivity contribution >= 4 is 28.6 Å². The van der Waals surface area contributed by atoms with Crippen molar-refractivity contribution in [1.29, 1.82) is 0 Å². The van der Waals surface area contributed by atoms with Gasteiger partial charge in [-0.3, -0.25) is 4.57 Å².